The zero-order valence-corrected chi connectivity index (χ0v) is 22.7. The van der Waals surface area contributed by atoms with Crippen LogP contribution in [0.1, 0.15) is 20.3 Å². The van der Waals surface area contributed by atoms with Crippen LogP contribution in [0, 0.1) is 0 Å². The average molecular weight is 519 g/mol. The number of para-hydroxylation sites is 4. The Morgan fingerprint density at radius 1 is 0.700 bits per heavy atom. The monoisotopic (exact) mass is 518 g/mol. The molecule has 0 saturated carbocycles. The van der Waals surface area contributed by atoms with Crippen molar-refractivity contribution in [2.24, 2.45) is 0 Å². The maximum Gasteiger partial charge on any atom is 0.115 e. The molecule has 3 heterocycles. The fourth-order valence-electron chi connectivity index (χ4n) is 5.94. The second-order valence-corrected chi connectivity index (χ2v) is 9.90. The summed E-state index contributed by atoms with van der Waals surface area (Å²) < 4.78 is 4.78. The lowest BCUT2D eigenvalue weighted by Gasteiger charge is -2.28. The van der Waals surface area contributed by atoms with Gasteiger partial charge in [-0.2, -0.15) is 0 Å². The third-order valence-electron chi connectivity index (χ3n) is 7.56. The summed E-state index contributed by atoms with van der Waals surface area (Å²) in [5.41, 5.74) is 7.61. The van der Waals surface area contributed by atoms with Gasteiger partial charge in [0.05, 0.1) is 22.4 Å². The summed E-state index contributed by atoms with van der Waals surface area (Å²) in [6.45, 7) is 4.32. The number of fused-ring (bicyclic) bond motifs is 5. The van der Waals surface area contributed by atoms with Crippen molar-refractivity contribution in [3.63, 3.8) is 0 Å². The van der Waals surface area contributed by atoms with E-state index in [0.717, 1.165) is 56.3 Å². The quantitative estimate of drug-likeness (QED) is 0.233. The molecule has 0 N–H and O–H groups in total. The Hall–Kier alpha value is -5.09. The number of hydrogen-bond acceptors (Lipinski definition) is 2. The molecular weight excluding hydrogens is 488 g/mol. The minimum Gasteiger partial charge on any atom is -0.307 e. The highest BCUT2D eigenvalue weighted by molar-refractivity contribution is 6.15. The van der Waals surface area contributed by atoms with Crippen LogP contribution in [0.25, 0.3) is 50.7 Å². The number of anilines is 2. The Bertz CT molecular complexity index is 2050. The van der Waals surface area contributed by atoms with Crippen LogP contribution < -0.4 is 15.6 Å². The van der Waals surface area contributed by atoms with Crippen molar-refractivity contribution in [3.05, 3.63) is 132 Å². The molecule has 194 valence electrons. The minimum absolute atomic E-state index is 0.934. The molecule has 0 atom stereocenters. The molecule has 4 nitrogen and oxygen atoms in total. The highest BCUT2D eigenvalue weighted by Crippen LogP contribution is 2.37. The van der Waals surface area contributed by atoms with E-state index >= 15 is 0 Å². The molecule has 4 heteroatoms. The van der Waals surface area contributed by atoms with E-state index in [4.69, 9.17) is 4.98 Å². The number of hydrogen-bond donors (Lipinski definition) is 0. The number of nitrogens with zero attached hydrogens (tertiary/aromatic N) is 4. The second kappa shape index (κ2) is 9.90. The van der Waals surface area contributed by atoms with Gasteiger partial charge < -0.3 is 4.57 Å². The first kappa shape index (κ1) is 24.0. The lowest BCUT2D eigenvalue weighted by atomic mass is 10.2. The topological polar surface area (TPSA) is 26.0 Å². The summed E-state index contributed by atoms with van der Waals surface area (Å²) >= 11 is 0. The predicted octanol–water partition coefficient (Wildman–Crippen LogP) is 7.73. The molecule has 0 unspecified atom stereocenters. The summed E-state index contributed by atoms with van der Waals surface area (Å²) in [5, 5.41) is 6.98. The molecule has 4 aromatic carbocycles. The number of aromatic nitrogens is 3. The Balaban J connectivity index is 1.76. The van der Waals surface area contributed by atoms with Crippen LogP contribution in [0.3, 0.4) is 0 Å². The third-order valence-corrected chi connectivity index (χ3v) is 7.56. The molecule has 0 aliphatic heterocycles. The first-order valence-corrected chi connectivity index (χ1v) is 13.9. The van der Waals surface area contributed by atoms with Gasteiger partial charge in [0.2, 0.25) is 0 Å². The molecule has 0 aliphatic rings. The number of rotatable bonds is 5. The summed E-state index contributed by atoms with van der Waals surface area (Å²) in [5.74, 6) is 0. The van der Waals surface area contributed by atoms with E-state index in [9.17, 15) is 0 Å². The van der Waals surface area contributed by atoms with E-state index in [1.54, 1.807) is 0 Å². The van der Waals surface area contributed by atoms with Crippen molar-refractivity contribution in [3.8, 4) is 5.69 Å². The first-order chi connectivity index (χ1) is 19.8. The molecule has 40 heavy (non-hydrogen) atoms. The molecule has 0 spiro atoms. The van der Waals surface area contributed by atoms with Crippen molar-refractivity contribution < 1.29 is 0 Å². The Kier molecular flexibility index (Phi) is 5.94. The molecular formula is C36H30N4. The summed E-state index contributed by atoms with van der Waals surface area (Å²) in [7, 11) is 0. The standard InChI is InChI=1S/C36H30N4/c1-3-16-32-29(4-2)31-25-37-34-30-23-14-15-24-33(30)40(36(34)35(31)38(32)26-17-8-5-9-18-26)39(27-19-10-6-11-20-27)28-21-12-7-13-22-28/h4-25H,3H2,1-2H3/b29-4-,32-16+. The highest BCUT2D eigenvalue weighted by Gasteiger charge is 2.24. The number of pyridine rings is 1. The van der Waals surface area contributed by atoms with Crippen LogP contribution >= 0.6 is 0 Å². The van der Waals surface area contributed by atoms with Crippen LogP contribution in [-0.4, -0.2) is 14.2 Å². The van der Waals surface area contributed by atoms with Gasteiger partial charge in [-0.05, 0) is 55.8 Å². The van der Waals surface area contributed by atoms with Crippen LogP contribution in [-0.2, 0) is 0 Å². The van der Waals surface area contributed by atoms with Gasteiger partial charge in [-0.25, -0.2) is 9.69 Å². The fraction of sp³-hybridized carbons (Fsp3) is 0.0833. The summed E-state index contributed by atoms with van der Waals surface area (Å²) in [6.07, 6.45) is 7.54. The van der Waals surface area contributed by atoms with Gasteiger partial charge >= 0.3 is 0 Å². The molecule has 0 saturated heterocycles. The Labute approximate surface area is 233 Å². The van der Waals surface area contributed by atoms with E-state index in [0.29, 0.717) is 0 Å². The molecule has 7 rings (SSSR count). The zero-order chi connectivity index (χ0) is 27.1. The largest absolute Gasteiger partial charge is 0.307 e. The first-order valence-electron chi connectivity index (χ1n) is 13.9. The highest BCUT2D eigenvalue weighted by atomic mass is 15.6. The van der Waals surface area contributed by atoms with Gasteiger partial charge in [0.15, 0.2) is 0 Å². The van der Waals surface area contributed by atoms with Crippen molar-refractivity contribution in [1.82, 2.24) is 14.2 Å². The zero-order valence-electron chi connectivity index (χ0n) is 22.7. The van der Waals surface area contributed by atoms with Crippen LogP contribution in [0.2, 0.25) is 0 Å². The molecule has 0 fully saturated rings. The third kappa shape index (κ3) is 3.64. The average Bonchev–Trinajstić information content (AvgIpc) is 3.51. The molecule has 3 aromatic heterocycles. The molecule has 7 aromatic rings. The second-order valence-electron chi connectivity index (χ2n) is 9.90. The van der Waals surface area contributed by atoms with Gasteiger partial charge in [-0.3, -0.25) is 4.98 Å². The Morgan fingerprint density at radius 2 is 1.30 bits per heavy atom. The number of benzene rings is 4. The lowest BCUT2D eigenvalue weighted by Crippen LogP contribution is -2.28. The van der Waals surface area contributed by atoms with Crippen LogP contribution in [0.15, 0.2) is 121 Å². The summed E-state index contributed by atoms with van der Waals surface area (Å²) in [4.78, 5) is 5.15. The van der Waals surface area contributed by atoms with Gasteiger partial charge in [-0.1, -0.05) is 91.9 Å². The molecule has 0 radical (unpaired) electrons. The molecule has 0 aliphatic carbocycles. The van der Waals surface area contributed by atoms with Crippen molar-refractivity contribution >= 4 is 56.4 Å². The maximum atomic E-state index is 5.15. The Morgan fingerprint density at radius 3 is 1.93 bits per heavy atom. The van der Waals surface area contributed by atoms with Gasteiger partial charge in [0.1, 0.15) is 11.0 Å². The SMILES string of the molecule is C/C=c1\c(=C/CC)n(-c2ccccc2)c2c1cnc1c3ccccc3n(N(c3ccccc3)c3ccccc3)c12. The van der Waals surface area contributed by atoms with E-state index in [1.165, 1.54) is 10.6 Å². The lowest BCUT2D eigenvalue weighted by molar-refractivity contribution is 0.885. The van der Waals surface area contributed by atoms with E-state index in [2.05, 4.69) is 162 Å². The van der Waals surface area contributed by atoms with Gasteiger partial charge in [0, 0.05) is 33.2 Å². The normalized spacial score (nSPS) is 12.7. The van der Waals surface area contributed by atoms with E-state index in [-0.39, 0.29) is 0 Å². The van der Waals surface area contributed by atoms with Crippen LogP contribution in [0.5, 0.6) is 0 Å². The van der Waals surface area contributed by atoms with Crippen molar-refractivity contribution in [1.29, 1.82) is 0 Å². The van der Waals surface area contributed by atoms with Gasteiger partial charge in [0.25, 0.3) is 0 Å². The van der Waals surface area contributed by atoms with Crippen molar-refractivity contribution in [2.75, 3.05) is 5.01 Å². The molecule has 0 bridgehead atoms. The fourth-order valence-corrected chi connectivity index (χ4v) is 5.94. The van der Waals surface area contributed by atoms with E-state index < -0.39 is 0 Å². The van der Waals surface area contributed by atoms with E-state index in [1.807, 2.05) is 0 Å². The van der Waals surface area contributed by atoms with Gasteiger partial charge in [-0.15, -0.1) is 0 Å². The summed E-state index contributed by atoms with van der Waals surface area (Å²) in [6, 6.07) is 40.5. The van der Waals surface area contributed by atoms with Crippen molar-refractivity contribution in [2.45, 2.75) is 20.3 Å². The maximum absolute atomic E-state index is 5.15. The van der Waals surface area contributed by atoms with Crippen LogP contribution in [0.4, 0.5) is 11.4 Å². The predicted molar refractivity (Wildman–Crippen MR) is 169 cm³/mol. The minimum atomic E-state index is 0.934. The smallest absolute Gasteiger partial charge is 0.115 e. The molecule has 0 amide bonds.